The number of ether oxygens (including phenoxy) is 1. The summed E-state index contributed by atoms with van der Waals surface area (Å²) in [6.45, 7) is 2.24. The fourth-order valence-corrected chi connectivity index (χ4v) is 3.54. The molecule has 1 aromatic heterocycles. The Morgan fingerprint density at radius 1 is 1.35 bits per heavy atom. The fraction of sp³-hybridized carbons (Fsp3) is 0.316. The van der Waals surface area contributed by atoms with Gasteiger partial charge >= 0.3 is 0 Å². The van der Waals surface area contributed by atoms with Crippen LogP contribution in [-0.4, -0.2) is 28.2 Å². The Morgan fingerprint density at radius 3 is 2.81 bits per heavy atom. The molecule has 0 spiro atoms. The summed E-state index contributed by atoms with van der Waals surface area (Å²) < 4.78 is 5.37. The molecule has 1 aliphatic rings. The number of rotatable bonds is 6. The smallest absolute Gasteiger partial charge is 0.257 e. The van der Waals surface area contributed by atoms with Gasteiger partial charge in [0.15, 0.2) is 5.16 Å². The van der Waals surface area contributed by atoms with E-state index in [1.807, 2.05) is 12.1 Å². The minimum atomic E-state index is -0.345. The first-order valence-electron chi connectivity index (χ1n) is 8.35. The van der Waals surface area contributed by atoms with Crippen molar-refractivity contribution in [2.45, 2.75) is 30.8 Å². The van der Waals surface area contributed by atoms with Crippen molar-refractivity contribution in [1.82, 2.24) is 9.97 Å². The van der Waals surface area contributed by atoms with Gasteiger partial charge in [-0.3, -0.25) is 9.59 Å². The number of thioether (sulfide) groups is 1. The van der Waals surface area contributed by atoms with Crippen LogP contribution in [0.25, 0.3) is 0 Å². The average molecular weight is 369 g/mol. The molecule has 0 saturated carbocycles. The first-order chi connectivity index (χ1) is 12.6. The summed E-state index contributed by atoms with van der Waals surface area (Å²) in [7, 11) is 0. The Kier molecular flexibility index (Phi) is 5.64. The number of aromatic nitrogens is 2. The topological polar surface area (TPSA) is 84.1 Å². The number of nitrogens with one attached hydrogen (secondary N) is 2. The number of anilines is 1. The van der Waals surface area contributed by atoms with Gasteiger partial charge in [0.25, 0.3) is 5.56 Å². The molecule has 0 fully saturated rings. The summed E-state index contributed by atoms with van der Waals surface area (Å²) in [5, 5.41) is 3.25. The number of hydrogen-bond donors (Lipinski definition) is 2. The minimum Gasteiger partial charge on any atom is -0.481 e. The standard InChI is InChI=1S/C19H19N3O3S/c1-3-9-25-13-7-5-12(6-8-13)14-11-15(23)20-17-16(14)18(24)22-19(21-17)26-10-4-2/h1,5-8,14H,4,9-11H2,2H3,(H2,20,21,22,23,24). The lowest BCUT2D eigenvalue weighted by molar-refractivity contribution is -0.116. The van der Waals surface area contributed by atoms with Crippen molar-refractivity contribution in [3.05, 3.63) is 45.7 Å². The van der Waals surface area contributed by atoms with E-state index in [-0.39, 0.29) is 30.4 Å². The maximum atomic E-state index is 12.6. The Bertz CT molecular complexity index is 900. The summed E-state index contributed by atoms with van der Waals surface area (Å²) in [4.78, 5) is 32.0. The highest BCUT2D eigenvalue weighted by atomic mass is 32.2. The second-order valence-corrected chi connectivity index (χ2v) is 6.93. The second-order valence-electron chi connectivity index (χ2n) is 5.85. The van der Waals surface area contributed by atoms with Gasteiger partial charge in [-0.1, -0.05) is 36.7 Å². The summed E-state index contributed by atoms with van der Waals surface area (Å²) in [5.74, 6) is 3.75. The van der Waals surface area contributed by atoms with Crippen LogP contribution in [0.2, 0.25) is 0 Å². The second kappa shape index (κ2) is 8.11. The van der Waals surface area contributed by atoms with E-state index >= 15 is 0 Å². The molecule has 0 aliphatic carbocycles. The number of hydrogen-bond acceptors (Lipinski definition) is 5. The molecule has 3 rings (SSSR count). The van der Waals surface area contributed by atoms with Crippen molar-refractivity contribution in [3.8, 4) is 18.1 Å². The van der Waals surface area contributed by atoms with Gasteiger partial charge < -0.3 is 15.0 Å². The molecule has 2 heterocycles. The molecule has 1 aromatic carbocycles. The van der Waals surface area contributed by atoms with Crippen LogP contribution in [0.4, 0.5) is 5.82 Å². The highest BCUT2D eigenvalue weighted by molar-refractivity contribution is 7.99. The van der Waals surface area contributed by atoms with Crippen molar-refractivity contribution >= 4 is 23.5 Å². The number of aromatic amines is 1. The molecule has 2 N–H and O–H groups in total. The highest BCUT2D eigenvalue weighted by Gasteiger charge is 2.30. The first-order valence-corrected chi connectivity index (χ1v) is 9.34. The molecule has 0 bridgehead atoms. The number of benzene rings is 1. The van der Waals surface area contributed by atoms with E-state index in [4.69, 9.17) is 11.2 Å². The molecule has 1 aliphatic heterocycles. The molecule has 1 unspecified atom stereocenters. The van der Waals surface area contributed by atoms with Crippen molar-refractivity contribution < 1.29 is 9.53 Å². The van der Waals surface area contributed by atoms with E-state index in [1.165, 1.54) is 11.8 Å². The molecule has 1 amide bonds. The zero-order valence-electron chi connectivity index (χ0n) is 14.4. The van der Waals surface area contributed by atoms with E-state index in [1.54, 1.807) is 12.1 Å². The number of carbonyl (C=O) groups is 1. The average Bonchev–Trinajstić information content (AvgIpc) is 2.64. The molecule has 2 aromatic rings. The largest absolute Gasteiger partial charge is 0.481 e. The quantitative estimate of drug-likeness (QED) is 0.465. The molecule has 1 atom stereocenters. The van der Waals surface area contributed by atoms with Gasteiger partial charge in [0.2, 0.25) is 5.91 Å². The lowest BCUT2D eigenvalue weighted by atomic mass is 9.87. The third-order valence-corrected chi connectivity index (χ3v) is 5.06. The molecule has 7 heteroatoms. The normalized spacial score (nSPS) is 15.7. The number of terminal acetylenes is 1. The van der Waals surface area contributed by atoms with E-state index in [0.29, 0.717) is 22.3 Å². The van der Waals surface area contributed by atoms with Gasteiger partial charge in [-0.05, 0) is 24.1 Å². The zero-order chi connectivity index (χ0) is 18.5. The number of H-pyrrole nitrogens is 1. The number of amides is 1. The summed E-state index contributed by atoms with van der Waals surface area (Å²) in [6.07, 6.45) is 6.35. The number of carbonyl (C=O) groups excluding carboxylic acids is 1. The summed E-state index contributed by atoms with van der Waals surface area (Å²) in [5.41, 5.74) is 1.13. The fourth-order valence-electron chi connectivity index (χ4n) is 2.82. The van der Waals surface area contributed by atoms with Gasteiger partial charge in [-0.25, -0.2) is 4.98 Å². The maximum Gasteiger partial charge on any atom is 0.257 e. The van der Waals surface area contributed by atoms with Crippen LogP contribution >= 0.6 is 11.8 Å². The van der Waals surface area contributed by atoms with E-state index < -0.39 is 0 Å². The van der Waals surface area contributed by atoms with Gasteiger partial charge in [-0.2, -0.15) is 0 Å². The third-order valence-electron chi connectivity index (χ3n) is 3.98. The van der Waals surface area contributed by atoms with Crippen molar-refractivity contribution in [3.63, 3.8) is 0 Å². The molecule has 26 heavy (non-hydrogen) atoms. The van der Waals surface area contributed by atoms with Crippen LogP contribution in [0, 0.1) is 12.3 Å². The monoisotopic (exact) mass is 369 g/mol. The number of fused-ring (bicyclic) bond motifs is 1. The summed E-state index contributed by atoms with van der Waals surface area (Å²) >= 11 is 1.46. The predicted octanol–water partition coefficient (Wildman–Crippen LogP) is 2.76. The molecular formula is C19H19N3O3S. The molecule has 134 valence electrons. The van der Waals surface area contributed by atoms with Crippen LogP contribution in [0.3, 0.4) is 0 Å². The van der Waals surface area contributed by atoms with Gasteiger partial charge in [0.05, 0.1) is 5.56 Å². The predicted molar refractivity (Wildman–Crippen MR) is 102 cm³/mol. The van der Waals surface area contributed by atoms with Crippen LogP contribution in [0.5, 0.6) is 5.75 Å². The maximum absolute atomic E-state index is 12.6. The van der Waals surface area contributed by atoms with E-state index in [0.717, 1.165) is 17.7 Å². The molecule has 0 radical (unpaired) electrons. The van der Waals surface area contributed by atoms with E-state index in [9.17, 15) is 9.59 Å². The van der Waals surface area contributed by atoms with Crippen molar-refractivity contribution in [1.29, 1.82) is 0 Å². The minimum absolute atomic E-state index is 0.153. The first kappa shape index (κ1) is 18.1. The lowest BCUT2D eigenvalue weighted by Gasteiger charge is -2.24. The van der Waals surface area contributed by atoms with Crippen molar-refractivity contribution in [2.75, 3.05) is 17.7 Å². The molecular weight excluding hydrogens is 350 g/mol. The van der Waals surface area contributed by atoms with Crippen LogP contribution in [0.15, 0.2) is 34.2 Å². The number of nitrogens with zero attached hydrogens (tertiary/aromatic N) is 1. The third kappa shape index (κ3) is 3.92. The Labute approximate surface area is 155 Å². The molecule has 6 nitrogen and oxygen atoms in total. The Morgan fingerprint density at radius 2 is 2.12 bits per heavy atom. The van der Waals surface area contributed by atoms with Gasteiger partial charge in [0, 0.05) is 18.1 Å². The van der Waals surface area contributed by atoms with Crippen LogP contribution in [0.1, 0.15) is 36.8 Å². The Balaban J connectivity index is 1.94. The molecule has 0 saturated heterocycles. The lowest BCUT2D eigenvalue weighted by Crippen LogP contribution is -2.31. The van der Waals surface area contributed by atoms with Gasteiger partial charge in [-0.15, -0.1) is 6.42 Å². The van der Waals surface area contributed by atoms with Crippen molar-refractivity contribution in [2.24, 2.45) is 0 Å². The Hall–Kier alpha value is -2.72. The van der Waals surface area contributed by atoms with E-state index in [2.05, 4.69) is 28.1 Å². The van der Waals surface area contributed by atoms with Crippen LogP contribution < -0.4 is 15.6 Å². The highest BCUT2D eigenvalue weighted by Crippen LogP contribution is 2.35. The van der Waals surface area contributed by atoms with Crippen LogP contribution in [-0.2, 0) is 4.79 Å². The van der Waals surface area contributed by atoms with Gasteiger partial charge in [0.1, 0.15) is 18.2 Å². The summed E-state index contributed by atoms with van der Waals surface area (Å²) in [6, 6.07) is 7.26. The zero-order valence-corrected chi connectivity index (χ0v) is 15.2. The SMILES string of the molecule is C#CCOc1ccc(C2CC(=O)Nc3nc(SCCC)[nH]c(=O)c32)cc1.